The standard InChI is InChI=1S/C25H28N4O8/c1-4-34-20-10-16(23-22(24(31)33-3)14(2)27-25(32)28-23)6-8-17(20)35-12-21(30)29-26-11-15-5-7-18-19(9-15)37-13-36-18/h5-11,21,23,29-30H,4,12-13H2,1-3H3,(H2,27,28,32)/b26-11-/t21-,23+/m1/s1. The van der Waals surface area contributed by atoms with Crippen molar-refractivity contribution in [3.63, 3.8) is 0 Å². The quantitative estimate of drug-likeness (QED) is 0.162. The zero-order chi connectivity index (χ0) is 26.4. The fraction of sp³-hybridized carbons (Fsp3) is 0.320. The fourth-order valence-electron chi connectivity index (χ4n) is 3.81. The van der Waals surface area contributed by atoms with E-state index >= 15 is 0 Å². The van der Waals surface area contributed by atoms with Crippen molar-refractivity contribution in [1.29, 1.82) is 0 Å². The molecule has 2 aliphatic rings. The number of rotatable bonds is 10. The molecule has 2 heterocycles. The van der Waals surface area contributed by atoms with Gasteiger partial charge in [0.2, 0.25) is 6.79 Å². The van der Waals surface area contributed by atoms with Crippen LogP contribution in [0.15, 0.2) is 52.8 Å². The molecule has 0 saturated heterocycles. The monoisotopic (exact) mass is 512 g/mol. The predicted octanol–water partition coefficient (Wildman–Crippen LogP) is 1.94. The number of hydrogen-bond donors (Lipinski definition) is 4. The molecular formula is C25H28N4O8. The Morgan fingerprint density at radius 3 is 2.81 bits per heavy atom. The molecule has 2 aromatic carbocycles. The number of nitrogens with one attached hydrogen (secondary N) is 3. The van der Waals surface area contributed by atoms with Gasteiger partial charge in [-0.2, -0.15) is 5.10 Å². The van der Waals surface area contributed by atoms with Crippen LogP contribution < -0.4 is 35.0 Å². The smallest absolute Gasteiger partial charge is 0.337 e. The molecule has 0 aromatic heterocycles. The molecular weight excluding hydrogens is 484 g/mol. The third-order valence-electron chi connectivity index (χ3n) is 5.51. The summed E-state index contributed by atoms with van der Waals surface area (Å²) in [4.78, 5) is 24.4. The van der Waals surface area contributed by atoms with E-state index in [2.05, 4.69) is 21.2 Å². The number of urea groups is 1. The van der Waals surface area contributed by atoms with Gasteiger partial charge in [-0.15, -0.1) is 0 Å². The molecule has 4 rings (SSSR count). The van der Waals surface area contributed by atoms with E-state index in [4.69, 9.17) is 23.7 Å². The maximum atomic E-state index is 12.4. The minimum Gasteiger partial charge on any atom is -0.490 e. The summed E-state index contributed by atoms with van der Waals surface area (Å²) >= 11 is 0. The lowest BCUT2D eigenvalue weighted by molar-refractivity contribution is -0.136. The maximum Gasteiger partial charge on any atom is 0.337 e. The van der Waals surface area contributed by atoms with Crippen molar-refractivity contribution < 1.29 is 38.4 Å². The molecule has 2 aromatic rings. The van der Waals surface area contributed by atoms with Gasteiger partial charge in [0.05, 0.1) is 31.5 Å². The van der Waals surface area contributed by atoms with Crippen molar-refractivity contribution in [2.45, 2.75) is 26.1 Å². The van der Waals surface area contributed by atoms with Crippen LogP contribution in [0.25, 0.3) is 0 Å². The van der Waals surface area contributed by atoms with Gasteiger partial charge >= 0.3 is 12.0 Å². The SMILES string of the molecule is CCOc1cc([C@@H]2NC(=O)NC(C)=C2C(=O)OC)ccc1OC[C@@H](O)N/N=C\c1ccc2c(c1)OCO2. The Bertz CT molecular complexity index is 1230. The average Bonchev–Trinajstić information content (AvgIpc) is 3.35. The largest absolute Gasteiger partial charge is 0.490 e. The van der Waals surface area contributed by atoms with Crippen molar-refractivity contribution in [3.8, 4) is 23.0 Å². The number of hydrazone groups is 1. The number of hydrogen-bond acceptors (Lipinski definition) is 10. The number of carbonyl (C=O) groups is 2. The van der Waals surface area contributed by atoms with Crippen LogP contribution in [0.3, 0.4) is 0 Å². The van der Waals surface area contributed by atoms with Gasteiger partial charge in [-0.05, 0) is 55.3 Å². The first kappa shape index (κ1) is 25.6. The van der Waals surface area contributed by atoms with Crippen LogP contribution in [0.1, 0.15) is 31.0 Å². The molecule has 196 valence electrons. The van der Waals surface area contributed by atoms with E-state index in [9.17, 15) is 14.7 Å². The van der Waals surface area contributed by atoms with Crippen molar-refractivity contribution in [2.75, 3.05) is 27.1 Å². The van der Waals surface area contributed by atoms with Crippen molar-refractivity contribution in [2.24, 2.45) is 5.10 Å². The zero-order valence-corrected chi connectivity index (χ0v) is 20.6. The Labute approximate surface area is 213 Å². The first-order valence-electron chi connectivity index (χ1n) is 11.5. The molecule has 0 aliphatic carbocycles. The molecule has 0 fully saturated rings. The number of methoxy groups -OCH3 is 1. The van der Waals surface area contributed by atoms with E-state index in [1.54, 1.807) is 37.3 Å². The van der Waals surface area contributed by atoms with E-state index in [-0.39, 0.29) is 19.0 Å². The van der Waals surface area contributed by atoms with Crippen molar-refractivity contribution in [3.05, 3.63) is 58.8 Å². The van der Waals surface area contributed by atoms with Crippen LogP contribution in [-0.4, -0.2) is 56.7 Å². The number of carbonyl (C=O) groups excluding carboxylic acids is 2. The molecule has 0 saturated carbocycles. The zero-order valence-electron chi connectivity index (χ0n) is 20.6. The Morgan fingerprint density at radius 2 is 2.03 bits per heavy atom. The summed E-state index contributed by atoms with van der Waals surface area (Å²) in [5, 5.41) is 19.6. The highest BCUT2D eigenvalue weighted by Gasteiger charge is 2.32. The van der Waals surface area contributed by atoms with Gasteiger partial charge in [0.15, 0.2) is 29.2 Å². The molecule has 2 amide bonds. The summed E-state index contributed by atoms with van der Waals surface area (Å²) < 4.78 is 27.0. The van der Waals surface area contributed by atoms with Gasteiger partial charge in [-0.25, -0.2) is 9.59 Å². The first-order valence-corrected chi connectivity index (χ1v) is 11.5. The molecule has 0 spiro atoms. The number of benzene rings is 2. The number of allylic oxidation sites excluding steroid dienone is 1. The van der Waals surface area contributed by atoms with Gasteiger partial charge in [0, 0.05) is 5.70 Å². The van der Waals surface area contributed by atoms with Gasteiger partial charge < -0.3 is 39.4 Å². The highest BCUT2D eigenvalue weighted by Crippen LogP contribution is 2.35. The Morgan fingerprint density at radius 1 is 1.22 bits per heavy atom. The molecule has 0 unspecified atom stereocenters. The van der Waals surface area contributed by atoms with Crippen LogP contribution in [0.2, 0.25) is 0 Å². The number of ether oxygens (including phenoxy) is 5. The number of nitrogens with zero attached hydrogens (tertiary/aromatic N) is 1. The fourth-order valence-corrected chi connectivity index (χ4v) is 3.81. The lowest BCUT2D eigenvalue weighted by atomic mass is 9.95. The maximum absolute atomic E-state index is 12.4. The van der Waals surface area contributed by atoms with E-state index in [1.807, 2.05) is 13.0 Å². The van der Waals surface area contributed by atoms with Gasteiger partial charge in [-0.1, -0.05) is 6.07 Å². The second-order valence-corrected chi connectivity index (χ2v) is 8.03. The van der Waals surface area contributed by atoms with Crippen LogP contribution in [0.5, 0.6) is 23.0 Å². The normalized spacial score (nSPS) is 17.2. The number of aliphatic hydroxyl groups excluding tert-OH is 1. The van der Waals surface area contributed by atoms with Gasteiger partial charge in [-0.3, -0.25) is 5.43 Å². The second kappa shape index (κ2) is 11.5. The second-order valence-electron chi connectivity index (χ2n) is 8.03. The summed E-state index contributed by atoms with van der Waals surface area (Å²) in [5.74, 6) is 1.49. The molecule has 37 heavy (non-hydrogen) atoms. The Hall–Kier alpha value is -4.45. The van der Waals surface area contributed by atoms with E-state index in [0.717, 1.165) is 5.56 Å². The minimum atomic E-state index is -1.11. The van der Waals surface area contributed by atoms with Crippen molar-refractivity contribution in [1.82, 2.24) is 16.1 Å². The van der Waals surface area contributed by atoms with Gasteiger partial charge in [0.25, 0.3) is 0 Å². The van der Waals surface area contributed by atoms with Crippen LogP contribution in [-0.2, 0) is 9.53 Å². The average molecular weight is 513 g/mol. The molecule has 2 atom stereocenters. The van der Waals surface area contributed by atoms with Crippen LogP contribution in [0, 0.1) is 0 Å². The van der Waals surface area contributed by atoms with E-state index in [1.165, 1.54) is 13.3 Å². The molecule has 0 radical (unpaired) electrons. The Kier molecular flexibility index (Phi) is 7.98. The van der Waals surface area contributed by atoms with E-state index in [0.29, 0.717) is 40.9 Å². The topological polar surface area (TPSA) is 149 Å². The lowest BCUT2D eigenvalue weighted by Crippen LogP contribution is -2.45. The first-order chi connectivity index (χ1) is 17.9. The van der Waals surface area contributed by atoms with Gasteiger partial charge in [0.1, 0.15) is 6.61 Å². The molecule has 4 N–H and O–H groups in total. The molecule has 2 aliphatic heterocycles. The highest BCUT2D eigenvalue weighted by atomic mass is 16.7. The minimum absolute atomic E-state index is 0.131. The molecule has 12 heteroatoms. The predicted molar refractivity (Wildman–Crippen MR) is 132 cm³/mol. The summed E-state index contributed by atoms with van der Waals surface area (Å²) in [6, 6.07) is 9.19. The summed E-state index contributed by atoms with van der Waals surface area (Å²) in [5.41, 5.74) is 4.63. The Balaban J connectivity index is 1.42. The highest BCUT2D eigenvalue weighted by molar-refractivity contribution is 5.95. The number of amides is 2. The molecule has 0 bridgehead atoms. The summed E-state index contributed by atoms with van der Waals surface area (Å²) in [7, 11) is 1.27. The lowest BCUT2D eigenvalue weighted by Gasteiger charge is -2.28. The molecule has 12 nitrogen and oxygen atoms in total. The van der Waals surface area contributed by atoms with Crippen LogP contribution in [0.4, 0.5) is 4.79 Å². The van der Waals surface area contributed by atoms with Crippen LogP contribution >= 0.6 is 0 Å². The summed E-state index contributed by atoms with van der Waals surface area (Å²) in [6.45, 7) is 3.84. The van der Waals surface area contributed by atoms with Crippen molar-refractivity contribution >= 4 is 18.2 Å². The number of fused-ring (bicyclic) bond motifs is 1. The third-order valence-corrected chi connectivity index (χ3v) is 5.51. The number of esters is 1. The third kappa shape index (κ3) is 6.04. The number of aliphatic hydroxyl groups is 1. The summed E-state index contributed by atoms with van der Waals surface area (Å²) in [6.07, 6.45) is 0.424. The van der Waals surface area contributed by atoms with E-state index < -0.39 is 24.3 Å².